The SMILES string of the molecule is COC(=O)CCC(=O)C1(Nc2ccccc2)CCN(Cc2cccc3ccccc23)CC1.COC(=O)CN.O=C(O)C1(Nc2ccccc2)CCN(Cc2cccc3ccccc23)CC1. The standard InChI is InChI=1S/C27H30N2O3.C23H24N2O2.C3H7NO2/c1-32-26(31)15-14-25(30)27(28-23-11-3-2-4-12-23)16-18-29(19-17-27)20-22-10-7-9-21-8-5-6-13-24(21)22;26-22(27)23(24-20-10-2-1-3-11-20)13-15-25(16-14-23)17-19-9-6-8-18-7-4-5-12-21(18)19;1-6-3(5)2-4/h2-13,28H,14-20H2,1H3;1-12,24H,13-17H2,(H,26,27);2,4H2,1H3. The number of ether oxygens (including phenoxy) is 2. The summed E-state index contributed by atoms with van der Waals surface area (Å²) in [4.78, 5) is 51.6. The van der Waals surface area contributed by atoms with Crippen LogP contribution in [0.5, 0.6) is 0 Å². The van der Waals surface area contributed by atoms with Crippen molar-refractivity contribution in [1.29, 1.82) is 0 Å². The van der Waals surface area contributed by atoms with Gasteiger partial charge in [-0.1, -0.05) is 121 Å². The molecule has 12 heteroatoms. The van der Waals surface area contributed by atoms with E-state index >= 15 is 0 Å². The van der Waals surface area contributed by atoms with Crippen LogP contribution in [-0.2, 0) is 41.7 Å². The maximum atomic E-state index is 13.3. The molecule has 2 fully saturated rings. The molecule has 12 nitrogen and oxygen atoms in total. The van der Waals surface area contributed by atoms with Crippen molar-refractivity contribution in [2.75, 3.05) is 57.6 Å². The van der Waals surface area contributed by atoms with Gasteiger partial charge in [0.15, 0.2) is 5.78 Å². The summed E-state index contributed by atoms with van der Waals surface area (Å²) in [5, 5.41) is 21.7. The number of hydrogen-bond acceptors (Lipinski definition) is 11. The molecule has 340 valence electrons. The molecule has 2 aliphatic heterocycles. The number of nitrogens with two attached hydrogens (primary N) is 1. The third-order valence-corrected chi connectivity index (χ3v) is 12.4. The fourth-order valence-corrected chi connectivity index (χ4v) is 8.63. The lowest BCUT2D eigenvalue weighted by Gasteiger charge is -2.42. The Labute approximate surface area is 381 Å². The molecule has 0 spiro atoms. The van der Waals surface area contributed by atoms with E-state index in [-0.39, 0.29) is 37.1 Å². The third kappa shape index (κ3) is 13.0. The van der Waals surface area contributed by atoms with Crippen molar-refractivity contribution in [2.45, 2.75) is 62.7 Å². The van der Waals surface area contributed by atoms with Crippen LogP contribution in [0.25, 0.3) is 21.5 Å². The van der Waals surface area contributed by atoms with E-state index in [4.69, 9.17) is 10.5 Å². The molecule has 6 aromatic rings. The highest BCUT2D eigenvalue weighted by molar-refractivity contribution is 5.93. The monoisotopic (exact) mass is 879 g/mol. The number of piperidine rings is 2. The van der Waals surface area contributed by atoms with Crippen molar-refractivity contribution in [3.05, 3.63) is 157 Å². The molecule has 8 rings (SSSR count). The molecule has 2 aliphatic rings. The van der Waals surface area contributed by atoms with Gasteiger partial charge in [0.05, 0.1) is 32.7 Å². The average Bonchev–Trinajstić information content (AvgIpc) is 3.35. The Morgan fingerprint density at radius 1 is 0.538 bits per heavy atom. The number of likely N-dealkylation sites (tertiary alicyclic amines) is 2. The van der Waals surface area contributed by atoms with Crippen LogP contribution in [0.3, 0.4) is 0 Å². The fourth-order valence-electron chi connectivity index (χ4n) is 8.63. The Bertz CT molecular complexity index is 2470. The molecule has 0 saturated carbocycles. The van der Waals surface area contributed by atoms with E-state index in [0.717, 1.165) is 50.6 Å². The first-order valence-electron chi connectivity index (χ1n) is 22.2. The second-order valence-electron chi connectivity index (χ2n) is 16.6. The van der Waals surface area contributed by atoms with Gasteiger partial charge < -0.3 is 30.9 Å². The summed E-state index contributed by atoms with van der Waals surface area (Å²) in [7, 11) is 2.66. The van der Waals surface area contributed by atoms with Crippen LogP contribution in [0.2, 0.25) is 0 Å². The summed E-state index contributed by atoms with van der Waals surface area (Å²) in [6.45, 7) is 4.82. The van der Waals surface area contributed by atoms with E-state index in [0.29, 0.717) is 25.7 Å². The second-order valence-corrected chi connectivity index (χ2v) is 16.6. The molecule has 2 heterocycles. The number of nitrogens with zero attached hydrogens (tertiary/aromatic N) is 2. The van der Waals surface area contributed by atoms with Gasteiger partial charge in [-0.05, 0) is 82.6 Å². The highest BCUT2D eigenvalue weighted by Gasteiger charge is 2.42. The number of para-hydroxylation sites is 2. The number of methoxy groups -OCH3 is 2. The quantitative estimate of drug-likeness (QED) is 0.0776. The van der Waals surface area contributed by atoms with Crippen LogP contribution in [-0.4, -0.2) is 96.6 Å². The number of carboxylic acids is 1. The zero-order valence-electron chi connectivity index (χ0n) is 37.4. The Hall–Kier alpha value is -6.60. The van der Waals surface area contributed by atoms with E-state index in [1.165, 1.54) is 46.9 Å². The van der Waals surface area contributed by atoms with Gasteiger partial charge in [-0.15, -0.1) is 0 Å². The van der Waals surface area contributed by atoms with Gasteiger partial charge in [0.1, 0.15) is 5.54 Å². The maximum absolute atomic E-state index is 13.3. The van der Waals surface area contributed by atoms with Gasteiger partial charge >= 0.3 is 17.9 Å². The first-order chi connectivity index (χ1) is 31.6. The molecule has 6 aromatic carbocycles. The van der Waals surface area contributed by atoms with Crippen molar-refractivity contribution in [2.24, 2.45) is 5.73 Å². The summed E-state index contributed by atoms with van der Waals surface area (Å²) >= 11 is 0. The van der Waals surface area contributed by atoms with Gasteiger partial charge in [0, 0.05) is 57.1 Å². The van der Waals surface area contributed by atoms with Crippen LogP contribution < -0.4 is 16.4 Å². The Morgan fingerprint density at radius 3 is 1.35 bits per heavy atom. The number of rotatable bonds is 14. The molecule has 0 unspecified atom stereocenters. The van der Waals surface area contributed by atoms with Gasteiger partial charge in [0.25, 0.3) is 0 Å². The first kappa shape index (κ1) is 47.9. The van der Waals surface area contributed by atoms with E-state index < -0.39 is 17.0 Å². The van der Waals surface area contributed by atoms with Crippen LogP contribution in [0.15, 0.2) is 146 Å². The molecule has 0 atom stereocenters. The lowest BCUT2D eigenvalue weighted by Crippen LogP contribution is -2.54. The number of nitrogens with one attached hydrogen (secondary N) is 2. The number of ketones is 1. The number of Topliss-reactive ketones (excluding diaryl/α,β-unsaturated/α-hetero) is 1. The van der Waals surface area contributed by atoms with Gasteiger partial charge in [0.2, 0.25) is 0 Å². The molecular formula is C53H61N5O7. The number of benzene rings is 6. The minimum atomic E-state index is -0.892. The Balaban J connectivity index is 0.000000193. The molecule has 5 N–H and O–H groups in total. The molecule has 0 aromatic heterocycles. The predicted octanol–water partition coefficient (Wildman–Crippen LogP) is 8.30. The van der Waals surface area contributed by atoms with Crippen LogP contribution in [0.1, 0.15) is 49.7 Å². The van der Waals surface area contributed by atoms with Crippen molar-refractivity contribution in [1.82, 2.24) is 9.80 Å². The van der Waals surface area contributed by atoms with Gasteiger partial charge in [-0.25, -0.2) is 4.79 Å². The van der Waals surface area contributed by atoms with E-state index in [9.17, 15) is 24.3 Å². The number of carboxylic acid groups (broad SMARTS) is 1. The normalized spacial score (nSPS) is 15.6. The number of fused-ring (bicyclic) bond motifs is 2. The number of carbonyl (C=O) groups is 4. The number of aliphatic carboxylic acids is 1. The minimum Gasteiger partial charge on any atom is -0.480 e. The third-order valence-electron chi connectivity index (χ3n) is 12.4. The summed E-state index contributed by atoms with van der Waals surface area (Å²) in [6.07, 6.45) is 2.88. The highest BCUT2D eigenvalue weighted by Crippen LogP contribution is 2.32. The maximum Gasteiger partial charge on any atom is 0.329 e. The zero-order valence-corrected chi connectivity index (χ0v) is 37.4. The lowest BCUT2D eigenvalue weighted by molar-refractivity contribution is -0.144. The molecule has 0 bridgehead atoms. The largest absolute Gasteiger partial charge is 0.480 e. The molecule has 2 saturated heterocycles. The van der Waals surface area contributed by atoms with Crippen molar-refractivity contribution >= 4 is 56.6 Å². The summed E-state index contributed by atoms with van der Waals surface area (Å²) in [5.41, 5.74) is 7.66. The van der Waals surface area contributed by atoms with Gasteiger partial charge in [-0.2, -0.15) is 0 Å². The number of hydrogen-bond donors (Lipinski definition) is 4. The summed E-state index contributed by atoms with van der Waals surface area (Å²) in [5.74, 6) is -1.41. The first-order valence-corrected chi connectivity index (χ1v) is 22.2. The average molecular weight is 880 g/mol. The smallest absolute Gasteiger partial charge is 0.329 e. The van der Waals surface area contributed by atoms with E-state index in [2.05, 4.69) is 110 Å². The van der Waals surface area contributed by atoms with Crippen molar-refractivity contribution in [3.63, 3.8) is 0 Å². The molecule has 0 radical (unpaired) electrons. The highest BCUT2D eigenvalue weighted by atomic mass is 16.5. The summed E-state index contributed by atoms with van der Waals surface area (Å²) in [6, 6.07) is 49.2. The van der Waals surface area contributed by atoms with Crippen molar-refractivity contribution in [3.8, 4) is 0 Å². The number of anilines is 2. The van der Waals surface area contributed by atoms with Crippen LogP contribution in [0, 0.1) is 0 Å². The Kier molecular flexibility index (Phi) is 17.2. The van der Waals surface area contributed by atoms with Crippen molar-refractivity contribution < 1.29 is 33.8 Å². The number of carbonyl (C=O) groups excluding carboxylic acids is 3. The topological polar surface area (TPSA) is 164 Å². The minimum absolute atomic E-state index is 0.0312. The van der Waals surface area contributed by atoms with E-state index in [1.807, 2.05) is 60.7 Å². The lowest BCUT2D eigenvalue weighted by atomic mass is 9.81. The molecular weight excluding hydrogens is 819 g/mol. The van der Waals surface area contributed by atoms with Gasteiger partial charge in [-0.3, -0.25) is 24.2 Å². The predicted molar refractivity (Wildman–Crippen MR) is 257 cm³/mol. The second kappa shape index (κ2) is 23.4. The Morgan fingerprint density at radius 2 is 0.938 bits per heavy atom. The molecule has 0 aliphatic carbocycles. The molecule has 65 heavy (non-hydrogen) atoms. The molecule has 0 amide bonds. The van der Waals surface area contributed by atoms with Crippen LogP contribution >= 0.6 is 0 Å². The van der Waals surface area contributed by atoms with E-state index in [1.54, 1.807) is 0 Å². The summed E-state index contributed by atoms with van der Waals surface area (Å²) < 4.78 is 8.87. The van der Waals surface area contributed by atoms with Crippen LogP contribution in [0.4, 0.5) is 11.4 Å². The number of esters is 2. The zero-order chi connectivity index (χ0) is 46.1. The fraction of sp³-hybridized carbons (Fsp3) is 0.321.